The normalized spacial score (nSPS) is 20.2. The van der Waals surface area contributed by atoms with Gasteiger partial charge in [-0.15, -0.1) is 0 Å². The van der Waals surface area contributed by atoms with Gasteiger partial charge in [0, 0.05) is 5.54 Å². The molecule has 1 aromatic rings. The Morgan fingerprint density at radius 3 is 2.62 bits per heavy atom. The van der Waals surface area contributed by atoms with Crippen molar-refractivity contribution < 1.29 is 5.11 Å². The zero-order chi connectivity index (χ0) is 17.4. The summed E-state index contributed by atoms with van der Waals surface area (Å²) in [6.45, 7) is 4.34. The van der Waals surface area contributed by atoms with Crippen molar-refractivity contribution in [1.82, 2.24) is 0 Å². The molecule has 0 spiro atoms. The number of aliphatic hydroxyl groups is 1. The van der Waals surface area contributed by atoms with Crippen LogP contribution in [0.1, 0.15) is 81.9 Å². The minimum absolute atomic E-state index is 0.0725. The Hall–Kier alpha value is -0.860. The van der Waals surface area contributed by atoms with Crippen molar-refractivity contribution in [2.75, 3.05) is 6.61 Å². The summed E-state index contributed by atoms with van der Waals surface area (Å²) in [6, 6.07) is 7.09. The molecule has 2 nitrogen and oxygen atoms in total. The molecule has 1 unspecified atom stereocenters. The molecule has 0 saturated heterocycles. The summed E-state index contributed by atoms with van der Waals surface area (Å²) >= 11 is 0. The van der Waals surface area contributed by atoms with Crippen molar-refractivity contribution in [2.24, 2.45) is 11.7 Å². The van der Waals surface area contributed by atoms with Gasteiger partial charge in [0.25, 0.3) is 0 Å². The fourth-order valence-corrected chi connectivity index (χ4v) is 3.97. The van der Waals surface area contributed by atoms with Gasteiger partial charge < -0.3 is 10.8 Å². The van der Waals surface area contributed by atoms with Crippen molar-refractivity contribution in [1.29, 1.82) is 0 Å². The van der Waals surface area contributed by atoms with Gasteiger partial charge in [-0.2, -0.15) is 0 Å². The topological polar surface area (TPSA) is 46.2 Å². The van der Waals surface area contributed by atoms with Crippen molar-refractivity contribution in [2.45, 2.75) is 90.0 Å². The van der Waals surface area contributed by atoms with Crippen LogP contribution in [-0.4, -0.2) is 17.3 Å². The Labute approximate surface area is 148 Å². The SMILES string of the molecule is CCCCCCCCc1ccc2c(c1)CCCC([C@@](C)(N)CO)C2. The number of hydrogen-bond acceptors (Lipinski definition) is 2. The average Bonchev–Trinajstić information content (AvgIpc) is 2.80. The second-order valence-corrected chi connectivity index (χ2v) is 8.08. The number of aliphatic hydroxyl groups excluding tert-OH is 1. The van der Waals surface area contributed by atoms with Gasteiger partial charge in [-0.1, -0.05) is 57.2 Å². The van der Waals surface area contributed by atoms with Crippen LogP contribution in [0, 0.1) is 5.92 Å². The molecular weight excluding hydrogens is 294 g/mol. The molecule has 0 bridgehead atoms. The van der Waals surface area contributed by atoms with E-state index < -0.39 is 5.54 Å². The number of unbranched alkanes of at least 4 members (excludes halogenated alkanes) is 5. The van der Waals surface area contributed by atoms with Crippen LogP contribution >= 0.6 is 0 Å². The van der Waals surface area contributed by atoms with E-state index in [0.717, 1.165) is 19.3 Å². The van der Waals surface area contributed by atoms with Crippen molar-refractivity contribution >= 4 is 0 Å². The van der Waals surface area contributed by atoms with E-state index in [-0.39, 0.29) is 6.61 Å². The molecule has 0 aliphatic heterocycles. The van der Waals surface area contributed by atoms with Gasteiger partial charge in [-0.05, 0) is 68.1 Å². The largest absolute Gasteiger partial charge is 0.394 e. The summed E-state index contributed by atoms with van der Waals surface area (Å²) in [5.41, 5.74) is 10.3. The lowest BCUT2D eigenvalue weighted by molar-refractivity contribution is 0.148. The minimum Gasteiger partial charge on any atom is -0.394 e. The smallest absolute Gasteiger partial charge is 0.0611 e. The molecular formula is C22H37NO. The summed E-state index contributed by atoms with van der Waals surface area (Å²) in [5, 5.41) is 9.58. The highest BCUT2D eigenvalue weighted by Gasteiger charge is 2.31. The first-order valence-electron chi connectivity index (χ1n) is 10.1. The standard InChI is InChI=1S/C22H37NO/c1-3-4-5-6-7-8-10-18-13-14-20-16-21(22(2,23)17-24)12-9-11-19(20)15-18/h13-15,21,24H,3-12,16-17,23H2,1-2H3/t21?,22-/m0/s1. The lowest BCUT2D eigenvalue weighted by Gasteiger charge is -2.32. The van der Waals surface area contributed by atoms with Gasteiger partial charge in [0.15, 0.2) is 0 Å². The average molecular weight is 332 g/mol. The number of nitrogens with two attached hydrogens (primary N) is 1. The maximum Gasteiger partial charge on any atom is 0.0611 e. The van der Waals surface area contributed by atoms with Crippen LogP contribution in [0.2, 0.25) is 0 Å². The summed E-state index contributed by atoms with van der Waals surface area (Å²) < 4.78 is 0. The van der Waals surface area contributed by atoms with Gasteiger partial charge in [0.05, 0.1) is 6.61 Å². The van der Waals surface area contributed by atoms with Crippen molar-refractivity contribution in [3.8, 4) is 0 Å². The van der Waals surface area contributed by atoms with E-state index in [2.05, 4.69) is 25.1 Å². The number of fused-ring (bicyclic) bond motifs is 1. The first-order chi connectivity index (χ1) is 11.6. The Morgan fingerprint density at radius 1 is 1.12 bits per heavy atom. The monoisotopic (exact) mass is 331 g/mol. The molecule has 1 aliphatic carbocycles. The van der Waals surface area contributed by atoms with E-state index in [9.17, 15) is 5.11 Å². The summed E-state index contributed by atoms with van der Waals surface area (Å²) in [7, 11) is 0. The number of hydrogen-bond donors (Lipinski definition) is 2. The second-order valence-electron chi connectivity index (χ2n) is 8.08. The Bertz CT molecular complexity index is 495. The second kappa shape index (κ2) is 9.58. The van der Waals surface area contributed by atoms with Gasteiger partial charge in [0.1, 0.15) is 0 Å². The Morgan fingerprint density at radius 2 is 1.88 bits per heavy atom. The molecule has 3 N–H and O–H groups in total. The highest BCUT2D eigenvalue weighted by Crippen LogP contribution is 2.31. The van der Waals surface area contributed by atoms with Crippen LogP contribution in [0.15, 0.2) is 18.2 Å². The third-order valence-corrected chi connectivity index (χ3v) is 5.83. The van der Waals surface area contributed by atoms with E-state index in [1.54, 1.807) is 0 Å². The maximum absolute atomic E-state index is 9.58. The van der Waals surface area contributed by atoms with Gasteiger partial charge >= 0.3 is 0 Å². The lowest BCUT2D eigenvalue weighted by Crippen LogP contribution is -2.48. The summed E-state index contributed by atoms with van der Waals surface area (Å²) in [6.07, 6.45) is 13.9. The van der Waals surface area contributed by atoms with Crippen molar-refractivity contribution in [3.05, 3.63) is 34.9 Å². The summed E-state index contributed by atoms with van der Waals surface area (Å²) in [4.78, 5) is 0. The zero-order valence-corrected chi connectivity index (χ0v) is 15.8. The first kappa shape index (κ1) is 19.5. The zero-order valence-electron chi connectivity index (χ0n) is 15.8. The molecule has 1 aromatic carbocycles. The van der Waals surface area contributed by atoms with Crippen LogP contribution in [0.3, 0.4) is 0 Å². The van der Waals surface area contributed by atoms with E-state index in [1.807, 2.05) is 6.92 Å². The van der Waals surface area contributed by atoms with Crippen LogP contribution in [0.5, 0.6) is 0 Å². The fraction of sp³-hybridized carbons (Fsp3) is 0.727. The number of benzene rings is 1. The molecule has 0 aromatic heterocycles. The Balaban J connectivity index is 1.90. The Kier molecular flexibility index (Phi) is 7.77. The molecule has 136 valence electrons. The number of rotatable bonds is 9. The van der Waals surface area contributed by atoms with E-state index in [4.69, 9.17) is 5.73 Å². The van der Waals surface area contributed by atoms with E-state index in [0.29, 0.717) is 5.92 Å². The molecule has 0 saturated carbocycles. The van der Waals surface area contributed by atoms with Crippen molar-refractivity contribution in [3.63, 3.8) is 0 Å². The predicted molar refractivity (Wildman–Crippen MR) is 103 cm³/mol. The van der Waals surface area contributed by atoms with Crippen LogP contribution in [-0.2, 0) is 19.3 Å². The molecule has 2 heteroatoms. The highest BCUT2D eigenvalue weighted by atomic mass is 16.3. The van der Waals surface area contributed by atoms with Crippen LogP contribution < -0.4 is 5.73 Å². The van der Waals surface area contributed by atoms with E-state index >= 15 is 0 Å². The molecule has 0 radical (unpaired) electrons. The maximum atomic E-state index is 9.58. The molecule has 0 heterocycles. The molecule has 2 atom stereocenters. The highest BCUT2D eigenvalue weighted by molar-refractivity contribution is 5.34. The number of aryl methyl sites for hydroxylation is 2. The summed E-state index contributed by atoms with van der Waals surface area (Å²) in [5.74, 6) is 0.383. The van der Waals surface area contributed by atoms with Gasteiger partial charge in [0.2, 0.25) is 0 Å². The van der Waals surface area contributed by atoms with E-state index in [1.165, 1.54) is 68.1 Å². The quantitative estimate of drug-likeness (QED) is 0.504. The van der Waals surface area contributed by atoms with Crippen LogP contribution in [0.25, 0.3) is 0 Å². The third kappa shape index (κ3) is 5.60. The molecule has 0 amide bonds. The van der Waals surface area contributed by atoms with Gasteiger partial charge in [-0.3, -0.25) is 0 Å². The molecule has 2 rings (SSSR count). The predicted octanol–water partition coefficient (Wildman–Crippen LogP) is 4.79. The third-order valence-electron chi connectivity index (χ3n) is 5.83. The fourth-order valence-electron chi connectivity index (χ4n) is 3.97. The first-order valence-corrected chi connectivity index (χ1v) is 10.1. The lowest BCUT2D eigenvalue weighted by atomic mass is 9.80. The minimum atomic E-state index is -0.460. The molecule has 24 heavy (non-hydrogen) atoms. The van der Waals surface area contributed by atoms with Gasteiger partial charge in [-0.25, -0.2) is 0 Å². The van der Waals surface area contributed by atoms with Crippen LogP contribution in [0.4, 0.5) is 0 Å². The molecule has 1 aliphatic rings. The molecule has 0 fully saturated rings.